The quantitative estimate of drug-likeness (QED) is 0.275. The molecule has 1 amide bonds. The molecule has 0 atom stereocenters. The fourth-order valence-electron chi connectivity index (χ4n) is 3.37. The maximum Gasteiger partial charge on any atom is 0.266 e. The number of imidazole rings is 2. The second-order valence-electron chi connectivity index (χ2n) is 6.67. The largest absolute Gasteiger partial charge is 0.379 e. The number of amides is 1. The molecule has 1 aliphatic rings. The summed E-state index contributed by atoms with van der Waals surface area (Å²) in [7, 11) is 0. The molecule has 3 aromatic rings. The molecule has 148 valence electrons. The van der Waals surface area contributed by atoms with E-state index < -0.39 is 0 Å². The molecule has 0 bridgehead atoms. The standard InChI is InChI=1S/C18H24N8O2/c1-12-15(22-11-21-12)16-17(20-4-5-25-6-8-28-9-7-25)26-10-13(18(27)24-19)2-3-14(26)23-16/h2-3,10-11,20H,4-9,19H2,1H3,(H,21,22)(H,24,27). The molecule has 0 saturated carbocycles. The van der Waals surface area contributed by atoms with E-state index >= 15 is 0 Å². The molecule has 5 N–H and O–H groups in total. The Morgan fingerprint density at radius 3 is 2.89 bits per heavy atom. The lowest BCUT2D eigenvalue weighted by Gasteiger charge is -2.26. The monoisotopic (exact) mass is 384 g/mol. The average Bonchev–Trinajstić information content (AvgIpc) is 3.31. The first-order valence-corrected chi connectivity index (χ1v) is 9.24. The van der Waals surface area contributed by atoms with E-state index in [1.54, 1.807) is 24.7 Å². The van der Waals surface area contributed by atoms with Crippen LogP contribution < -0.4 is 16.6 Å². The van der Waals surface area contributed by atoms with Crippen molar-refractivity contribution in [1.82, 2.24) is 29.7 Å². The first-order chi connectivity index (χ1) is 13.7. The van der Waals surface area contributed by atoms with E-state index in [4.69, 9.17) is 15.6 Å². The highest BCUT2D eigenvalue weighted by Gasteiger charge is 2.19. The number of fused-ring (bicyclic) bond motifs is 1. The van der Waals surface area contributed by atoms with Crippen LogP contribution in [0.1, 0.15) is 16.1 Å². The molecule has 0 aromatic carbocycles. The van der Waals surface area contributed by atoms with Gasteiger partial charge in [0, 0.05) is 32.4 Å². The second-order valence-corrected chi connectivity index (χ2v) is 6.67. The van der Waals surface area contributed by atoms with Crippen molar-refractivity contribution in [2.45, 2.75) is 6.92 Å². The summed E-state index contributed by atoms with van der Waals surface area (Å²) in [5, 5.41) is 3.49. The SMILES string of the molecule is Cc1nc[nH]c1-c1nc2ccc(C(=O)NN)cn2c1NCCN1CCOCC1. The van der Waals surface area contributed by atoms with Crippen LogP contribution in [0.2, 0.25) is 0 Å². The Morgan fingerprint density at radius 1 is 1.36 bits per heavy atom. The fraction of sp³-hybridized carbons (Fsp3) is 0.389. The molecule has 10 heteroatoms. The number of nitrogens with two attached hydrogens (primary N) is 1. The summed E-state index contributed by atoms with van der Waals surface area (Å²) in [4.78, 5) is 26.5. The van der Waals surface area contributed by atoms with Crippen LogP contribution in [0.4, 0.5) is 5.82 Å². The van der Waals surface area contributed by atoms with Crippen molar-refractivity contribution in [2.75, 3.05) is 44.7 Å². The smallest absolute Gasteiger partial charge is 0.266 e. The van der Waals surface area contributed by atoms with Crippen LogP contribution in [0.3, 0.4) is 0 Å². The number of ether oxygens (including phenoxy) is 1. The van der Waals surface area contributed by atoms with Gasteiger partial charge in [-0.25, -0.2) is 15.8 Å². The van der Waals surface area contributed by atoms with Gasteiger partial charge in [0.15, 0.2) is 0 Å². The zero-order chi connectivity index (χ0) is 19.5. The Morgan fingerprint density at radius 2 is 2.18 bits per heavy atom. The lowest BCUT2D eigenvalue weighted by Crippen LogP contribution is -2.39. The number of hydrogen-bond donors (Lipinski definition) is 4. The van der Waals surface area contributed by atoms with Crippen molar-refractivity contribution < 1.29 is 9.53 Å². The number of nitrogens with zero attached hydrogens (tertiary/aromatic N) is 4. The number of nitrogens with one attached hydrogen (secondary N) is 3. The number of carbonyl (C=O) groups excluding carboxylic acids is 1. The molecular formula is C18H24N8O2. The number of nitrogen functional groups attached to an aromatic ring is 1. The Balaban J connectivity index is 1.67. The predicted octanol–water partition coefficient (Wildman–Crippen LogP) is 0.380. The Hall–Kier alpha value is -2.95. The van der Waals surface area contributed by atoms with E-state index in [9.17, 15) is 4.79 Å². The number of aromatic nitrogens is 4. The molecule has 4 heterocycles. The molecule has 10 nitrogen and oxygen atoms in total. The summed E-state index contributed by atoms with van der Waals surface area (Å²) in [6, 6.07) is 3.50. The molecule has 28 heavy (non-hydrogen) atoms. The van der Waals surface area contributed by atoms with Gasteiger partial charge in [0.1, 0.15) is 17.2 Å². The van der Waals surface area contributed by atoms with Crippen molar-refractivity contribution in [2.24, 2.45) is 5.84 Å². The van der Waals surface area contributed by atoms with Gasteiger partial charge in [0.05, 0.1) is 36.5 Å². The van der Waals surface area contributed by atoms with Crippen LogP contribution in [0, 0.1) is 6.92 Å². The Kier molecular flexibility index (Phi) is 5.24. The molecule has 3 aromatic heterocycles. The number of H-pyrrole nitrogens is 1. The van der Waals surface area contributed by atoms with E-state index in [0.29, 0.717) is 5.56 Å². The first kappa shape index (κ1) is 18.4. The number of rotatable bonds is 6. The van der Waals surface area contributed by atoms with Gasteiger partial charge in [-0.15, -0.1) is 0 Å². The van der Waals surface area contributed by atoms with Gasteiger partial charge in [0.2, 0.25) is 0 Å². The van der Waals surface area contributed by atoms with Crippen molar-refractivity contribution in [3.63, 3.8) is 0 Å². The van der Waals surface area contributed by atoms with Gasteiger partial charge < -0.3 is 15.0 Å². The van der Waals surface area contributed by atoms with E-state index in [2.05, 4.69) is 25.6 Å². The lowest BCUT2D eigenvalue weighted by atomic mass is 10.2. The third kappa shape index (κ3) is 3.57. The zero-order valence-corrected chi connectivity index (χ0v) is 15.7. The highest BCUT2D eigenvalue weighted by Crippen LogP contribution is 2.29. The minimum absolute atomic E-state index is 0.353. The first-order valence-electron chi connectivity index (χ1n) is 9.24. The highest BCUT2D eigenvalue weighted by molar-refractivity contribution is 5.94. The van der Waals surface area contributed by atoms with Crippen molar-refractivity contribution in [1.29, 1.82) is 0 Å². The molecule has 0 unspecified atom stereocenters. The summed E-state index contributed by atoms with van der Waals surface area (Å²) in [5.74, 6) is 5.74. The van der Waals surface area contributed by atoms with Crippen LogP contribution in [-0.4, -0.2) is 69.6 Å². The number of aromatic amines is 1. The van der Waals surface area contributed by atoms with Gasteiger partial charge in [-0.2, -0.15) is 0 Å². The zero-order valence-electron chi connectivity index (χ0n) is 15.7. The third-order valence-corrected chi connectivity index (χ3v) is 4.90. The van der Waals surface area contributed by atoms with Crippen molar-refractivity contribution in [3.05, 3.63) is 35.9 Å². The number of hydrogen-bond acceptors (Lipinski definition) is 7. The summed E-state index contributed by atoms with van der Waals surface area (Å²) in [5.41, 5.74) is 5.83. The minimum Gasteiger partial charge on any atom is -0.379 e. The normalized spacial score (nSPS) is 15.1. The van der Waals surface area contributed by atoms with Gasteiger partial charge in [0.25, 0.3) is 5.91 Å². The van der Waals surface area contributed by atoms with E-state index in [0.717, 1.165) is 67.9 Å². The number of pyridine rings is 1. The highest BCUT2D eigenvalue weighted by atomic mass is 16.5. The van der Waals surface area contributed by atoms with Crippen LogP contribution in [0.25, 0.3) is 17.0 Å². The molecule has 1 aliphatic heterocycles. The van der Waals surface area contributed by atoms with Gasteiger partial charge in [-0.1, -0.05) is 0 Å². The van der Waals surface area contributed by atoms with Crippen molar-refractivity contribution >= 4 is 17.4 Å². The lowest BCUT2D eigenvalue weighted by molar-refractivity contribution is 0.0398. The van der Waals surface area contributed by atoms with Crippen molar-refractivity contribution in [3.8, 4) is 11.4 Å². The topological polar surface area (TPSA) is 126 Å². The maximum atomic E-state index is 12.0. The van der Waals surface area contributed by atoms with Crippen LogP contribution in [0.15, 0.2) is 24.7 Å². The number of aryl methyl sites for hydroxylation is 1. The molecule has 0 spiro atoms. The minimum atomic E-state index is -0.353. The van der Waals surface area contributed by atoms with Crippen LogP contribution in [-0.2, 0) is 4.74 Å². The molecule has 4 rings (SSSR count). The summed E-state index contributed by atoms with van der Waals surface area (Å²) < 4.78 is 7.28. The summed E-state index contributed by atoms with van der Waals surface area (Å²) in [6.07, 6.45) is 3.39. The Bertz CT molecular complexity index is 973. The summed E-state index contributed by atoms with van der Waals surface area (Å²) in [6.45, 7) is 6.96. The fourth-order valence-corrected chi connectivity index (χ4v) is 3.37. The van der Waals surface area contributed by atoms with Crippen LogP contribution in [0.5, 0.6) is 0 Å². The third-order valence-electron chi connectivity index (χ3n) is 4.90. The molecule has 0 radical (unpaired) electrons. The summed E-state index contributed by atoms with van der Waals surface area (Å²) >= 11 is 0. The number of morpholine rings is 1. The molecule has 1 saturated heterocycles. The van der Waals surface area contributed by atoms with Gasteiger partial charge in [-0.05, 0) is 19.1 Å². The van der Waals surface area contributed by atoms with Gasteiger partial charge >= 0.3 is 0 Å². The van der Waals surface area contributed by atoms with Gasteiger partial charge in [-0.3, -0.25) is 19.5 Å². The number of anilines is 1. The second kappa shape index (κ2) is 7.97. The average molecular weight is 384 g/mol. The van der Waals surface area contributed by atoms with E-state index in [1.807, 2.05) is 11.3 Å². The predicted molar refractivity (Wildman–Crippen MR) is 105 cm³/mol. The van der Waals surface area contributed by atoms with E-state index in [-0.39, 0.29) is 5.91 Å². The molecule has 1 fully saturated rings. The maximum absolute atomic E-state index is 12.0. The van der Waals surface area contributed by atoms with E-state index in [1.165, 1.54) is 0 Å². The number of hydrazine groups is 1. The Labute approximate surface area is 162 Å². The molecular weight excluding hydrogens is 360 g/mol. The van der Waals surface area contributed by atoms with Crippen LogP contribution >= 0.6 is 0 Å². The molecule has 0 aliphatic carbocycles. The number of carbonyl (C=O) groups is 1.